The molecular formula is C17H23NO2. The highest BCUT2D eigenvalue weighted by atomic mass is 16.5. The van der Waals surface area contributed by atoms with E-state index in [9.17, 15) is 4.79 Å². The second kappa shape index (κ2) is 6.60. The molecule has 1 aromatic carbocycles. The number of methoxy groups -OCH3 is 1. The Kier molecular flexibility index (Phi) is 4.83. The molecule has 0 aliphatic carbocycles. The fourth-order valence-electron chi connectivity index (χ4n) is 2.80. The van der Waals surface area contributed by atoms with Gasteiger partial charge in [0.1, 0.15) is 0 Å². The lowest BCUT2D eigenvalue weighted by Crippen LogP contribution is -2.34. The van der Waals surface area contributed by atoms with Gasteiger partial charge in [0, 0.05) is 24.4 Å². The summed E-state index contributed by atoms with van der Waals surface area (Å²) in [6, 6.07) is 8.53. The number of benzene rings is 1. The molecule has 1 heterocycles. The lowest BCUT2D eigenvalue weighted by atomic mass is 9.94. The molecule has 0 saturated carbocycles. The fraction of sp³-hybridized carbons (Fsp3) is 0.471. The smallest absolute Gasteiger partial charge is 0.333 e. The number of fused-ring (bicyclic) bond motifs is 1. The topological polar surface area (TPSA) is 29.5 Å². The van der Waals surface area contributed by atoms with Crippen LogP contribution in [0.4, 0.5) is 5.69 Å². The van der Waals surface area contributed by atoms with Gasteiger partial charge in [-0.3, -0.25) is 0 Å². The molecule has 1 aromatic rings. The van der Waals surface area contributed by atoms with Crippen molar-refractivity contribution in [1.29, 1.82) is 0 Å². The van der Waals surface area contributed by atoms with E-state index in [0.717, 1.165) is 25.1 Å². The molecule has 20 heavy (non-hydrogen) atoms. The summed E-state index contributed by atoms with van der Waals surface area (Å²) in [5, 5.41) is 0. The van der Waals surface area contributed by atoms with Gasteiger partial charge in [0.2, 0.25) is 0 Å². The Labute approximate surface area is 121 Å². The van der Waals surface area contributed by atoms with Crippen LogP contribution in [0.1, 0.15) is 25.8 Å². The van der Waals surface area contributed by atoms with Crippen molar-refractivity contribution in [1.82, 2.24) is 0 Å². The number of carbonyl (C=O) groups excluding carboxylic acids is 1. The number of hydrogen-bond donors (Lipinski definition) is 0. The number of anilines is 1. The van der Waals surface area contributed by atoms with E-state index >= 15 is 0 Å². The molecular weight excluding hydrogens is 250 g/mol. The molecule has 0 aromatic heterocycles. The summed E-state index contributed by atoms with van der Waals surface area (Å²) in [6.07, 6.45) is 3.84. The fourth-order valence-corrected chi connectivity index (χ4v) is 2.80. The first kappa shape index (κ1) is 14.6. The largest absolute Gasteiger partial charge is 0.466 e. The van der Waals surface area contributed by atoms with Gasteiger partial charge in [-0.1, -0.05) is 38.1 Å². The van der Waals surface area contributed by atoms with Gasteiger partial charge >= 0.3 is 5.97 Å². The third-order valence-electron chi connectivity index (χ3n) is 3.82. The van der Waals surface area contributed by atoms with Crippen molar-refractivity contribution in [2.24, 2.45) is 5.92 Å². The van der Waals surface area contributed by atoms with Crippen LogP contribution in [-0.2, 0) is 16.0 Å². The van der Waals surface area contributed by atoms with Crippen LogP contribution in [0.3, 0.4) is 0 Å². The monoisotopic (exact) mass is 273 g/mol. The van der Waals surface area contributed by atoms with E-state index in [-0.39, 0.29) is 5.97 Å². The zero-order valence-electron chi connectivity index (χ0n) is 12.6. The predicted molar refractivity (Wildman–Crippen MR) is 81.9 cm³/mol. The number of rotatable bonds is 4. The SMILES string of the molecule is CCC(=CCN1CC(C)Cc2ccccc21)C(=O)OC. The number of carbonyl (C=O) groups is 1. The first-order valence-corrected chi connectivity index (χ1v) is 7.25. The number of para-hydroxylation sites is 1. The molecule has 0 N–H and O–H groups in total. The molecule has 1 unspecified atom stereocenters. The number of ether oxygens (including phenoxy) is 1. The average Bonchev–Trinajstić information content (AvgIpc) is 2.47. The minimum Gasteiger partial charge on any atom is -0.466 e. The number of hydrogen-bond acceptors (Lipinski definition) is 3. The first-order chi connectivity index (χ1) is 9.65. The second-order valence-electron chi connectivity index (χ2n) is 5.42. The molecule has 2 rings (SSSR count). The Morgan fingerprint density at radius 2 is 2.20 bits per heavy atom. The minimum atomic E-state index is -0.217. The molecule has 3 nitrogen and oxygen atoms in total. The van der Waals surface area contributed by atoms with Gasteiger partial charge < -0.3 is 9.64 Å². The molecule has 0 bridgehead atoms. The normalized spacial score (nSPS) is 18.6. The molecule has 0 radical (unpaired) electrons. The molecule has 1 aliphatic rings. The van der Waals surface area contributed by atoms with E-state index < -0.39 is 0 Å². The summed E-state index contributed by atoms with van der Waals surface area (Å²) in [5.41, 5.74) is 3.45. The molecule has 0 spiro atoms. The third-order valence-corrected chi connectivity index (χ3v) is 3.82. The Morgan fingerprint density at radius 1 is 1.45 bits per heavy atom. The van der Waals surface area contributed by atoms with E-state index in [4.69, 9.17) is 4.74 Å². The maximum atomic E-state index is 11.6. The number of nitrogens with zero attached hydrogens (tertiary/aromatic N) is 1. The quantitative estimate of drug-likeness (QED) is 0.623. The zero-order chi connectivity index (χ0) is 14.5. The lowest BCUT2D eigenvalue weighted by molar-refractivity contribution is -0.136. The van der Waals surface area contributed by atoms with Crippen molar-refractivity contribution < 1.29 is 9.53 Å². The minimum absolute atomic E-state index is 0.217. The highest BCUT2D eigenvalue weighted by molar-refractivity contribution is 5.88. The van der Waals surface area contributed by atoms with E-state index in [0.29, 0.717) is 12.3 Å². The maximum Gasteiger partial charge on any atom is 0.333 e. The van der Waals surface area contributed by atoms with Gasteiger partial charge in [0.05, 0.1) is 7.11 Å². The summed E-state index contributed by atoms with van der Waals surface area (Å²) in [4.78, 5) is 14.0. The molecule has 1 atom stereocenters. The summed E-state index contributed by atoms with van der Waals surface area (Å²) >= 11 is 0. The molecule has 108 valence electrons. The Morgan fingerprint density at radius 3 is 2.90 bits per heavy atom. The van der Waals surface area contributed by atoms with Gasteiger partial charge in [-0.15, -0.1) is 0 Å². The van der Waals surface area contributed by atoms with Crippen LogP contribution >= 0.6 is 0 Å². The first-order valence-electron chi connectivity index (χ1n) is 7.25. The summed E-state index contributed by atoms with van der Waals surface area (Å²) in [6.45, 7) is 6.05. The van der Waals surface area contributed by atoms with Crippen LogP contribution in [0.15, 0.2) is 35.9 Å². The highest BCUT2D eigenvalue weighted by Gasteiger charge is 2.20. The average molecular weight is 273 g/mol. The molecule has 0 saturated heterocycles. The van der Waals surface area contributed by atoms with Crippen molar-refractivity contribution in [3.8, 4) is 0 Å². The van der Waals surface area contributed by atoms with Crippen molar-refractivity contribution in [3.05, 3.63) is 41.5 Å². The Hall–Kier alpha value is -1.77. The summed E-state index contributed by atoms with van der Waals surface area (Å²) < 4.78 is 4.81. The van der Waals surface area contributed by atoms with Gasteiger partial charge in [-0.05, 0) is 30.4 Å². The third kappa shape index (κ3) is 3.21. The van der Waals surface area contributed by atoms with Crippen LogP contribution in [-0.4, -0.2) is 26.2 Å². The van der Waals surface area contributed by atoms with E-state index in [1.54, 1.807) is 0 Å². The molecule has 0 amide bonds. The molecule has 3 heteroatoms. The van der Waals surface area contributed by atoms with Crippen molar-refractivity contribution in [2.45, 2.75) is 26.7 Å². The second-order valence-corrected chi connectivity index (χ2v) is 5.42. The van der Waals surface area contributed by atoms with Crippen LogP contribution in [0, 0.1) is 5.92 Å². The lowest BCUT2D eigenvalue weighted by Gasteiger charge is -2.34. The van der Waals surface area contributed by atoms with Crippen molar-refractivity contribution >= 4 is 11.7 Å². The summed E-state index contributed by atoms with van der Waals surface area (Å²) in [5.74, 6) is 0.423. The Bertz CT molecular complexity index is 507. The highest BCUT2D eigenvalue weighted by Crippen LogP contribution is 2.29. The standard InChI is InChI=1S/C17H23NO2/c1-4-14(17(19)20-3)9-10-18-12-13(2)11-15-7-5-6-8-16(15)18/h5-9,13H,4,10-12H2,1-3H3. The van der Waals surface area contributed by atoms with E-state index in [2.05, 4.69) is 36.1 Å². The van der Waals surface area contributed by atoms with E-state index in [1.807, 2.05) is 13.0 Å². The van der Waals surface area contributed by atoms with Gasteiger partial charge in [0.25, 0.3) is 0 Å². The predicted octanol–water partition coefficient (Wildman–Crippen LogP) is 3.19. The van der Waals surface area contributed by atoms with Gasteiger partial charge in [-0.25, -0.2) is 4.79 Å². The van der Waals surface area contributed by atoms with Gasteiger partial charge in [0.15, 0.2) is 0 Å². The van der Waals surface area contributed by atoms with Crippen molar-refractivity contribution in [2.75, 3.05) is 25.1 Å². The zero-order valence-corrected chi connectivity index (χ0v) is 12.6. The van der Waals surface area contributed by atoms with Crippen LogP contribution in [0.5, 0.6) is 0 Å². The maximum absolute atomic E-state index is 11.6. The van der Waals surface area contributed by atoms with E-state index in [1.165, 1.54) is 18.4 Å². The molecule has 0 fully saturated rings. The Balaban J connectivity index is 2.17. The molecule has 1 aliphatic heterocycles. The van der Waals surface area contributed by atoms with Crippen molar-refractivity contribution in [3.63, 3.8) is 0 Å². The van der Waals surface area contributed by atoms with Crippen LogP contribution in [0.2, 0.25) is 0 Å². The van der Waals surface area contributed by atoms with Gasteiger partial charge in [-0.2, -0.15) is 0 Å². The van der Waals surface area contributed by atoms with Crippen LogP contribution in [0.25, 0.3) is 0 Å². The van der Waals surface area contributed by atoms with Crippen LogP contribution < -0.4 is 4.90 Å². The number of esters is 1. The summed E-state index contributed by atoms with van der Waals surface area (Å²) in [7, 11) is 1.43.